The van der Waals surface area contributed by atoms with Gasteiger partial charge in [0.15, 0.2) is 0 Å². The van der Waals surface area contributed by atoms with Gasteiger partial charge < -0.3 is 40.9 Å². The van der Waals surface area contributed by atoms with E-state index in [-0.39, 0.29) is 13.1 Å². The van der Waals surface area contributed by atoms with E-state index in [1.807, 2.05) is 0 Å². The Morgan fingerprint density at radius 1 is 0.429 bits per heavy atom. The Balaban J connectivity index is -0.000000656. The van der Waals surface area contributed by atoms with Crippen molar-refractivity contribution in [2.24, 2.45) is 0 Å². The maximum absolute atomic E-state index is 10.6. The number of nitrogens with zero attached hydrogens (tertiary/aromatic N) is 2. The number of aliphatic carboxylic acids is 4. The average Bonchev–Trinajstić information content (AvgIpc) is 2.40. The van der Waals surface area contributed by atoms with Crippen LogP contribution >= 0.6 is 0 Å². The van der Waals surface area contributed by atoms with Crippen LogP contribution in [0.4, 0.5) is 9.59 Å². The van der Waals surface area contributed by atoms with Crippen molar-refractivity contribution in [2.45, 2.75) is 0 Å². The number of hydrogen-bond acceptors (Lipinski definition) is 8. The molecule has 0 atom stereocenters. The molecule has 0 aliphatic rings. The molecule has 0 aromatic carbocycles. The molecule has 162 valence electrons. The Hall–Kier alpha value is -3.66. The molecule has 0 saturated heterocycles. The molecule has 0 saturated carbocycles. The van der Waals surface area contributed by atoms with E-state index in [1.165, 1.54) is 0 Å². The van der Waals surface area contributed by atoms with Crippen molar-refractivity contribution in [1.29, 1.82) is 0 Å². The zero-order valence-corrected chi connectivity index (χ0v) is 14.2. The Morgan fingerprint density at radius 2 is 0.571 bits per heavy atom. The quantitative estimate of drug-likeness (QED) is 0.188. The Labute approximate surface area is 156 Å². The summed E-state index contributed by atoms with van der Waals surface area (Å²) in [4.78, 5) is 61.5. The van der Waals surface area contributed by atoms with Crippen molar-refractivity contribution >= 4 is 36.2 Å². The van der Waals surface area contributed by atoms with E-state index in [2.05, 4.69) is 0 Å². The predicted molar refractivity (Wildman–Crippen MR) is 84.7 cm³/mol. The van der Waals surface area contributed by atoms with E-state index in [0.29, 0.717) is 0 Å². The Bertz CT molecular complexity index is 460. The summed E-state index contributed by atoms with van der Waals surface area (Å²) in [6.45, 7) is -2.25. The summed E-state index contributed by atoms with van der Waals surface area (Å²) in [5.74, 6) is -4.91. The molecule has 16 nitrogen and oxygen atoms in total. The molecule has 0 rings (SSSR count). The highest BCUT2D eigenvalue weighted by molar-refractivity contribution is 5.73. The third kappa shape index (κ3) is 33.8. The van der Waals surface area contributed by atoms with Gasteiger partial charge in [-0.05, 0) is 0 Å². The fourth-order valence-electron chi connectivity index (χ4n) is 1.48. The van der Waals surface area contributed by atoms with Crippen LogP contribution in [0.15, 0.2) is 0 Å². The van der Waals surface area contributed by atoms with Gasteiger partial charge in [0.1, 0.15) is 0 Å². The van der Waals surface area contributed by atoms with Crippen LogP contribution in [0.1, 0.15) is 0 Å². The van der Waals surface area contributed by atoms with Crippen LogP contribution in [-0.4, -0.2) is 126 Å². The van der Waals surface area contributed by atoms with Gasteiger partial charge in [0.25, 0.3) is 0 Å². The number of hydrogen-bond donors (Lipinski definition) is 8. The summed E-state index contributed by atoms with van der Waals surface area (Å²) in [6.07, 6.45) is -3.67. The largest absolute Gasteiger partial charge is 0.503 e. The molecule has 0 aliphatic carbocycles. The van der Waals surface area contributed by atoms with Crippen LogP contribution in [0.5, 0.6) is 0 Å². The average molecular weight is 416 g/mol. The zero-order valence-electron chi connectivity index (χ0n) is 14.2. The third-order valence-electron chi connectivity index (χ3n) is 2.17. The van der Waals surface area contributed by atoms with Gasteiger partial charge in [-0.1, -0.05) is 0 Å². The fraction of sp³-hybridized carbons (Fsp3) is 0.500. The van der Waals surface area contributed by atoms with Gasteiger partial charge in [-0.25, -0.2) is 9.59 Å². The minimum absolute atomic E-state index is 0.0703. The molecule has 0 aliphatic heterocycles. The topological polar surface area (TPSA) is 271 Å². The maximum atomic E-state index is 10.6. The second-order valence-corrected chi connectivity index (χ2v) is 4.56. The molecule has 0 aromatic heterocycles. The highest BCUT2D eigenvalue weighted by atomic mass is 16.6. The van der Waals surface area contributed by atoms with Gasteiger partial charge in [0, 0.05) is 13.1 Å². The SMILES string of the molecule is O=C(O)CN(CCN(CC(=O)O)CC(=O)O)CC(=O)O.O=C(O)O.O=C(O)O. The highest BCUT2D eigenvalue weighted by Crippen LogP contribution is 1.94. The summed E-state index contributed by atoms with van der Waals surface area (Å²) in [5, 5.41) is 62.4. The molecule has 0 fully saturated rings. The number of carboxylic acid groups (broad SMARTS) is 8. The smallest absolute Gasteiger partial charge is 0.480 e. The fourth-order valence-corrected chi connectivity index (χ4v) is 1.48. The molecule has 0 aromatic rings. The number of carboxylic acids is 4. The Kier molecular flexibility index (Phi) is 17.5. The molecule has 16 heteroatoms. The molecular weight excluding hydrogens is 396 g/mol. The molecule has 0 bridgehead atoms. The molecule has 0 spiro atoms. The van der Waals surface area contributed by atoms with Gasteiger partial charge in [0.05, 0.1) is 26.2 Å². The third-order valence-corrected chi connectivity index (χ3v) is 2.17. The summed E-state index contributed by atoms with van der Waals surface area (Å²) in [6, 6.07) is 0. The van der Waals surface area contributed by atoms with E-state index < -0.39 is 62.4 Å². The van der Waals surface area contributed by atoms with Crippen LogP contribution in [-0.2, 0) is 19.2 Å². The lowest BCUT2D eigenvalue weighted by Gasteiger charge is -2.23. The predicted octanol–water partition coefficient (Wildman–Crippen LogP) is -1.63. The lowest BCUT2D eigenvalue weighted by molar-refractivity contribution is -0.145. The standard InChI is InChI=1S/C10H16N2O8.2CH2O3/c13-7(14)3-11(4-8(15)16)1-2-12(5-9(17)18)6-10(19)20;2*2-1(3)4/h1-6H2,(H,13,14)(H,15,16)(H,17,18)(H,19,20);2*(H2,2,3,4). The van der Waals surface area contributed by atoms with E-state index in [9.17, 15) is 19.2 Å². The first-order chi connectivity index (χ1) is 12.7. The van der Waals surface area contributed by atoms with Crippen molar-refractivity contribution in [3.8, 4) is 0 Å². The first-order valence-electron chi connectivity index (χ1n) is 6.83. The van der Waals surface area contributed by atoms with E-state index in [4.69, 9.17) is 50.4 Å². The van der Waals surface area contributed by atoms with Gasteiger partial charge in [-0.15, -0.1) is 0 Å². The summed E-state index contributed by atoms with van der Waals surface area (Å²) < 4.78 is 0. The molecule has 0 heterocycles. The van der Waals surface area contributed by atoms with Crippen molar-refractivity contribution in [2.75, 3.05) is 39.3 Å². The molecule has 0 amide bonds. The van der Waals surface area contributed by atoms with Gasteiger partial charge in [-0.2, -0.15) is 0 Å². The molecule has 28 heavy (non-hydrogen) atoms. The lowest BCUT2D eigenvalue weighted by atomic mass is 10.4. The van der Waals surface area contributed by atoms with Gasteiger partial charge in [-0.3, -0.25) is 29.0 Å². The summed E-state index contributed by atoms with van der Waals surface area (Å²) >= 11 is 0. The van der Waals surface area contributed by atoms with Crippen LogP contribution in [0, 0.1) is 0 Å². The molecular formula is C12H20N2O14. The molecule has 0 radical (unpaired) electrons. The van der Waals surface area contributed by atoms with Gasteiger partial charge >= 0.3 is 36.2 Å². The molecule has 8 N–H and O–H groups in total. The monoisotopic (exact) mass is 416 g/mol. The summed E-state index contributed by atoms with van der Waals surface area (Å²) in [5.41, 5.74) is 0. The van der Waals surface area contributed by atoms with Crippen molar-refractivity contribution in [1.82, 2.24) is 9.80 Å². The zero-order chi connectivity index (χ0) is 22.9. The van der Waals surface area contributed by atoms with Gasteiger partial charge in [0.2, 0.25) is 0 Å². The number of rotatable bonds is 11. The van der Waals surface area contributed by atoms with Crippen molar-refractivity contribution < 1.29 is 69.6 Å². The van der Waals surface area contributed by atoms with E-state index in [1.54, 1.807) is 0 Å². The van der Waals surface area contributed by atoms with E-state index >= 15 is 0 Å². The van der Waals surface area contributed by atoms with Crippen molar-refractivity contribution in [3.05, 3.63) is 0 Å². The second kappa shape index (κ2) is 16.8. The van der Waals surface area contributed by atoms with Crippen LogP contribution in [0.25, 0.3) is 0 Å². The minimum atomic E-state index is -1.83. The van der Waals surface area contributed by atoms with Crippen LogP contribution in [0.3, 0.4) is 0 Å². The van der Waals surface area contributed by atoms with Crippen LogP contribution in [0.2, 0.25) is 0 Å². The highest BCUT2D eigenvalue weighted by Gasteiger charge is 2.17. The minimum Gasteiger partial charge on any atom is -0.480 e. The summed E-state index contributed by atoms with van der Waals surface area (Å²) in [7, 11) is 0. The molecule has 0 unspecified atom stereocenters. The normalized spacial score (nSPS) is 9.36. The first kappa shape index (κ1) is 29.1. The lowest BCUT2D eigenvalue weighted by Crippen LogP contribution is -2.43. The maximum Gasteiger partial charge on any atom is 0.503 e. The van der Waals surface area contributed by atoms with E-state index in [0.717, 1.165) is 9.80 Å². The van der Waals surface area contributed by atoms with Crippen LogP contribution < -0.4 is 0 Å². The first-order valence-corrected chi connectivity index (χ1v) is 6.83. The van der Waals surface area contributed by atoms with Crippen molar-refractivity contribution in [3.63, 3.8) is 0 Å². The Morgan fingerprint density at radius 3 is 0.679 bits per heavy atom. The number of carbonyl (C=O) groups is 6. The second-order valence-electron chi connectivity index (χ2n) is 4.56.